The van der Waals surface area contributed by atoms with Gasteiger partial charge in [0.05, 0.1) is 10.7 Å². The van der Waals surface area contributed by atoms with E-state index in [0.717, 1.165) is 24.1 Å². The van der Waals surface area contributed by atoms with Gasteiger partial charge in [-0.15, -0.1) is 0 Å². The van der Waals surface area contributed by atoms with Crippen molar-refractivity contribution in [3.8, 4) is 0 Å². The summed E-state index contributed by atoms with van der Waals surface area (Å²) in [6.45, 7) is 4.57. The summed E-state index contributed by atoms with van der Waals surface area (Å²) in [4.78, 5) is 15.6. The van der Waals surface area contributed by atoms with Gasteiger partial charge >= 0.3 is 6.03 Å². The number of amides is 2. The van der Waals surface area contributed by atoms with E-state index >= 15 is 0 Å². The van der Waals surface area contributed by atoms with E-state index in [0.29, 0.717) is 11.6 Å². The molecule has 0 aromatic heterocycles. The summed E-state index contributed by atoms with van der Waals surface area (Å²) in [5.41, 5.74) is 1.75. The van der Waals surface area contributed by atoms with Crippen molar-refractivity contribution >= 4 is 29.3 Å². The number of guanidine groups is 1. The third kappa shape index (κ3) is 4.36. The molecule has 6 heteroatoms. The molecule has 1 rings (SSSR count). The predicted octanol–water partition coefficient (Wildman–Crippen LogP) is 3.32. The summed E-state index contributed by atoms with van der Waals surface area (Å²) in [7, 11) is 3.42. The third-order valence-electron chi connectivity index (χ3n) is 3.09. The quantitative estimate of drug-likeness (QED) is 0.662. The highest BCUT2D eigenvalue weighted by atomic mass is 35.5. The number of nitrogens with one attached hydrogen (secondary N) is 2. The van der Waals surface area contributed by atoms with Crippen LogP contribution in [0.4, 0.5) is 10.5 Å². The lowest BCUT2D eigenvalue weighted by atomic mass is 10.1. The standard InChI is InChI=1S/C15H23ClN4O/c1-5-10-20(15(21)18-14(17)19(3)4)13-11(6-2)8-7-9-12(13)16/h7-9H,5-6,10H2,1-4H3,(H2,17,18,21). The van der Waals surface area contributed by atoms with Crippen LogP contribution in [0.2, 0.25) is 5.02 Å². The molecule has 0 bridgehead atoms. The monoisotopic (exact) mass is 310 g/mol. The molecule has 0 unspecified atom stereocenters. The summed E-state index contributed by atoms with van der Waals surface area (Å²) in [5, 5.41) is 10.9. The third-order valence-corrected chi connectivity index (χ3v) is 3.39. The molecule has 0 spiro atoms. The van der Waals surface area contributed by atoms with Crippen molar-refractivity contribution in [2.45, 2.75) is 26.7 Å². The molecule has 0 fully saturated rings. The molecule has 5 nitrogen and oxygen atoms in total. The second-order valence-electron chi connectivity index (χ2n) is 4.93. The summed E-state index contributed by atoms with van der Waals surface area (Å²) >= 11 is 6.30. The number of hydrogen-bond donors (Lipinski definition) is 2. The van der Waals surface area contributed by atoms with Crippen molar-refractivity contribution in [1.29, 1.82) is 5.41 Å². The van der Waals surface area contributed by atoms with Gasteiger partial charge in [0.1, 0.15) is 0 Å². The first kappa shape index (κ1) is 17.3. The SMILES string of the molecule is CCCN(C(=O)NC(=N)N(C)C)c1c(Cl)cccc1CC. The molecule has 0 saturated carbocycles. The molecule has 0 saturated heterocycles. The Morgan fingerprint density at radius 3 is 2.52 bits per heavy atom. The van der Waals surface area contributed by atoms with E-state index in [1.165, 1.54) is 4.90 Å². The van der Waals surface area contributed by atoms with Crippen molar-refractivity contribution in [1.82, 2.24) is 10.2 Å². The van der Waals surface area contributed by atoms with Gasteiger partial charge in [-0.2, -0.15) is 0 Å². The highest BCUT2D eigenvalue weighted by Gasteiger charge is 2.21. The molecule has 0 heterocycles. The molecule has 116 valence electrons. The first-order valence-corrected chi connectivity index (χ1v) is 7.41. The number of carbonyl (C=O) groups excluding carboxylic acids is 1. The minimum Gasteiger partial charge on any atom is -0.349 e. The average molecular weight is 311 g/mol. The highest BCUT2D eigenvalue weighted by molar-refractivity contribution is 6.34. The van der Waals surface area contributed by atoms with Crippen molar-refractivity contribution in [3.63, 3.8) is 0 Å². The Labute approximate surface area is 131 Å². The van der Waals surface area contributed by atoms with Crippen LogP contribution in [-0.2, 0) is 6.42 Å². The number of urea groups is 1. The van der Waals surface area contributed by atoms with Crippen LogP contribution in [-0.4, -0.2) is 37.5 Å². The van der Waals surface area contributed by atoms with Gasteiger partial charge in [0.15, 0.2) is 5.96 Å². The number of hydrogen-bond acceptors (Lipinski definition) is 2. The Morgan fingerprint density at radius 1 is 1.33 bits per heavy atom. The van der Waals surface area contributed by atoms with E-state index in [1.54, 1.807) is 25.1 Å². The van der Waals surface area contributed by atoms with Crippen LogP contribution in [0.3, 0.4) is 0 Å². The van der Waals surface area contributed by atoms with Crippen molar-refractivity contribution < 1.29 is 4.79 Å². The number of rotatable bonds is 4. The zero-order chi connectivity index (χ0) is 16.0. The van der Waals surface area contributed by atoms with Gasteiger partial charge in [-0.3, -0.25) is 15.6 Å². The van der Waals surface area contributed by atoms with Gasteiger partial charge < -0.3 is 4.90 Å². The molecule has 0 aliphatic rings. The molecule has 21 heavy (non-hydrogen) atoms. The van der Waals surface area contributed by atoms with Crippen molar-refractivity contribution in [2.24, 2.45) is 0 Å². The van der Waals surface area contributed by atoms with Gasteiger partial charge in [-0.25, -0.2) is 4.79 Å². The first-order valence-electron chi connectivity index (χ1n) is 7.04. The fourth-order valence-corrected chi connectivity index (χ4v) is 2.26. The fourth-order valence-electron chi connectivity index (χ4n) is 1.97. The van der Waals surface area contributed by atoms with E-state index in [2.05, 4.69) is 5.32 Å². The summed E-state index contributed by atoms with van der Waals surface area (Å²) < 4.78 is 0. The van der Waals surface area contributed by atoms with Crippen LogP contribution in [0.5, 0.6) is 0 Å². The van der Waals surface area contributed by atoms with Crippen molar-refractivity contribution in [2.75, 3.05) is 25.5 Å². The fraction of sp³-hybridized carbons (Fsp3) is 0.467. The van der Waals surface area contributed by atoms with Crippen LogP contribution >= 0.6 is 11.6 Å². The number of benzene rings is 1. The number of anilines is 1. The summed E-state index contributed by atoms with van der Waals surface area (Å²) in [5.74, 6) is 0.0474. The lowest BCUT2D eigenvalue weighted by Gasteiger charge is -2.27. The maximum absolute atomic E-state index is 12.5. The Bertz CT molecular complexity index is 516. The summed E-state index contributed by atoms with van der Waals surface area (Å²) in [6.07, 6.45) is 1.59. The van der Waals surface area contributed by atoms with Crippen LogP contribution in [0, 0.1) is 5.41 Å². The molecule has 2 N–H and O–H groups in total. The van der Waals surface area contributed by atoms with E-state index in [1.807, 2.05) is 26.0 Å². The van der Waals surface area contributed by atoms with Crippen LogP contribution < -0.4 is 10.2 Å². The van der Waals surface area contributed by atoms with E-state index in [4.69, 9.17) is 17.0 Å². The number of halogens is 1. The number of aryl methyl sites for hydroxylation is 1. The average Bonchev–Trinajstić information content (AvgIpc) is 2.44. The second-order valence-corrected chi connectivity index (χ2v) is 5.33. The maximum atomic E-state index is 12.5. The lowest BCUT2D eigenvalue weighted by Crippen LogP contribution is -2.47. The topological polar surface area (TPSA) is 59.4 Å². The lowest BCUT2D eigenvalue weighted by molar-refractivity contribution is 0.249. The Kier molecular flexibility index (Phi) is 6.49. The molecular formula is C15H23ClN4O. The molecular weight excluding hydrogens is 288 g/mol. The number of carbonyl (C=O) groups is 1. The zero-order valence-corrected chi connectivity index (χ0v) is 13.8. The van der Waals surface area contributed by atoms with E-state index in [9.17, 15) is 4.79 Å². The molecule has 2 amide bonds. The molecule has 0 aliphatic heterocycles. The maximum Gasteiger partial charge on any atom is 0.328 e. The van der Waals surface area contributed by atoms with Gasteiger partial charge in [0.2, 0.25) is 0 Å². The van der Waals surface area contributed by atoms with Crippen LogP contribution in [0.15, 0.2) is 18.2 Å². The molecule has 1 aromatic rings. The minimum absolute atomic E-state index is 0.0474. The second kappa shape index (κ2) is 7.88. The Morgan fingerprint density at radius 2 is 2.00 bits per heavy atom. The van der Waals surface area contributed by atoms with Gasteiger partial charge in [0.25, 0.3) is 0 Å². The van der Waals surface area contributed by atoms with Crippen molar-refractivity contribution in [3.05, 3.63) is 28.8 Å². The summed E-state index contributed by atoms with van der Waals surface area (Å²) in [6, 6.07) is 5.30. The van der Waals surface area contributed by atoms with E-state index in [-0.39, 0.29) is 12.0 Å². The largest absolute Gasteiger partial charge is 0.349 e. The molecule has 0 radical (unpaired) electrons. The number of nitrogens with zero attached hydrogens (tertiary/aromatic N) is 2. The zero-order valence-electron chi connectivity index (χ0n) is 13.0. The van der Waals surface area contributed by atoms with Gasteiger partial charge in [-0.1, -0.05) is 37.6 Å². The molecule has 0 atom stereocenters. The molecule has 0 aliphatic carbocycles. The first-order chi connectivity index (χ1) is 9.92. The normalized spacial score (nSPS) is 10.1. The Hall–Kier alpha value is -1.75. The minimum atomic E-state index is -0.335. The van der Waals surface area contributed by atoms with Crippen LogP contribution in [0.1, 0.15) is 25.8 Å². The van der Waals surface area contributed by atoms with Crippen LogP contribution in [0.25, 0.3) is 0 Å². The van der Waals surface area contributed by atoms with Gasteiger partial charge in [0, 0.05) is 20.6 Å². The molecule has 1 aromatic carbocycles. The smallest absolute Gasteiger partial charge is 0.328 e. The number of para-hydroxylation sites is 1. The van der Waals surface area contributed by atoms with E-state index < -0.39 is 0 Å². The highest BCUT2D eigenvalue weighted by Crippen LogP contribution is 2.30. The predicted molar refractivity (Wildman–Crippen MR) is 88.4 cm³/mol. The van der Waals surface area contributed by atoms with Gasteiger partial charge in [-0.05, 0) is 24.5 Å². The Balaban J connectivity index is 3.12.